The molecule has 0 saturated carbocycles. The lowest BCUT2D eigenvalue weighted by atomic mass is 10.1. The highest BCUT2D eigenvalue weighted by molar-refractivity contribution is 5.89. The van der Waals surface area contributed by atoms with E-state index in [9.17, 15) is 9.18 Å². The molecular formula is C11H13FO2. The number of aryl methyl sites for hydroxylation is 1. The molecule has 0 N–H and O–H groups in total. The molecule has 0 atom stereocenters. The number of halogens is 1. The largest absolute Gasteiger partial charge is 0.465 e. The van der Waals surface area contributed by atoms with Crippen LogP contribution in [0.1, 0.15) is 29.3 Å². The average Bonchev–Trinajstić information content (AvgIpc) is 2.16. The zero-order chi connectivity index (χ0) is 10.6. The van der Waals surface area contributed by atoms with Crippen LogP contribution >= 0.6 is 0 Å². The summed E-state index contributed by atoms with van der Waals surface area (Å²) in [5.41, 5.74) is 1.10. The summed E-state index contributed by atoms with van der Waals surface area (Å²) in [6, 6.07) is 4.29. The molecule has 76 valence electrons. The Bertz CT molecular complexity index is 334. The molecule has 3 heteroatoms. The van der Waals surface area contributed by atoms with Crippen molar-refractivity contribution in [1.29, 1.82) is 0 Å². The van der Waals surface area contributed by atoms with Crippen LogP contribution in [0.25, 0.3) is 0 Å². The van der Waals surface area contributed by atoms with E-state index in [0.29, 0.717) is 0 Å². The monoisotopic (exact) mass is 196 g/mol. The molecule has 0 heterocycles. The maximum atomic E-state index is 13.0. The highest BCUT2D eigenvalue weighted by Gasteiger charge is 2.08. The van der Waals surface area contributed by atoms with E-state index in [-0.39, 0.29) is 5.56 Å². The summed E-state index contributed by atoms with van der Waals surface area (Å²) in [7, 11) is 1.28. The molecule has 0 radical (unpaired) electrons. The molecule has 14 heavy (non-hydrogen) atoms. The van der Waals surface area contributed by atoms with Crippen LogP contribution in [0.4, 0.5) is 4.39 Å². The minimum absolute atomic E-state index is 0.274. The summed E-state index contributed by atoms with van der Waals surface area (Å²) < 4.78 is 17.6. The fourth-order valence-electron chi connectivity index (χ4n) is 1.32. The second-order valence-electron chi connectivity index (χ2n) is 3.09. The molecule has 1 aromatic rings. The molecule has 0 aliphatic rings. The lowest BCUT2D eigenvalue weighted by Gasteiger charge is -2.03. The van der Waals surface area contributed by atoms with Gasteiger partial charge in [-0.15, -0.1) is 0 Å². The van der Waals surface area contributed by atoms with Gasteiger partial charge in [0.1, 0.15) is 5.82 Å². The van der Waals surface area contributed by atoms with E-state index in [1.165, 1.54) is 19.2 Å². The Hall–Kier alpha value is -1.38. The SMILES string of the molecule is CCCc1cc(F)cc(C(=O)OC)c1. The maximum absolute atomic E-state index is 13.0. The van der Waals surface area contributed by atoms with Crippen LogP contribution in [0.5, 0.6) is 0 Å². The van der Waals surface area contributed by atoms with E-state index in [0.717, 1.165) is 18.4 Å². The Labute approximate surface area is 82.7 Å². The maximum Gasteiger partial charge on any atom is 0.337 e. The highest BCUT2D eigenvalue weighted by atomic mass is 19.1. The van der Waals surface area contributed by atoms with Crippen LogP contribution in [0.15, 0.2) is 18.2 Å². The van der Waals surface area contributed by atoms with Gasteiger partial charge in [-0.25, -0.2) is 9.18 Å². The van der Waals surface area contributed by atoms with Crippen molar-refractivity contribution < 1.29 is 13.9 Å². The first-order valence-corrected chi connectivity index (χ1v) is 4.55. The third kappa shape index (κ3) is 2.55. The molecular weight excluding hydrogens is 183 g/mol. The molecule has 0 fully saturated rings. The first-order chi connectivity index (χ1) is 6.67. The van der Waals surface area contributed by atoms with E-state index in [1.54, 1.807) is 6.07 Å². The molecule has 1 aromatic carbocycles. The summed E-state index contributed by atoms with van der Waals surface area (Å²) in [6.07, 6.45) is 1.69. The van der Waals surface area contributed by atoms with Gasteiger partial charge in [0, 0.05) is 0 Å². The normalized spacial score (nSPS) is 9.93. The van der Waals surface area contributed by atoms with Crippen molar-refractivity contribution in [3.8, 4) is 0 Å². The number of benzene rings is 1. The number of methoxy groups -OCH3 is 1. The fourth-order valence-corrected chi connectivity index (χ4v) is 1.32. The van der Waals surface area contributed by atoms with Gasteiger partial charge < -0.3 is 4.74 Å². The Morgan fingerprint density at radius 2 is 2.14 bits per heavy atom. The van der Waals surface area contributed by atoms with Crippen LogP contribution in [-0.4, -0.2) is 13.1 Å². The van der Waals surface area contributed by atoms with E-state index >= 15 is 0 Å². The third-order valence-electron chi connectivity index (χ3n) is 1.92. The van der Waals surface area contributed by atoms with Crippen molar-refractivity contribution in [2.45, 2.75) is 19.8 Å². The van der Waals surface area contributed by atoms with Crippen LogP contribution in [0.3, 0.4) is 0 Å². The quantitative estimate of drug-likeness (QED) is 0.694. The number of esters is 1. The van der Waals surface area contributed by atoms with Crippen molar-refractivity contribution in [1.82, 2.24) is 0 Å². The molecule has 2 nitrogen and oxygen atoms in total. The average molecular weight is 196 g/mol. The molecule has 0 saturated heterocycles. The number of hydrogen-bond donors (Lipinski definition) is 0. The molecule has 0 amide bonds. The van der Waals surface area contributed by atoms with Crippen LogP contribution in [0.2, 0.25) is 0 Å². The summed E-state index contributed by atoms with van der Waals surface area (Å²) >= 11 is 0. The van der Waals surface area contributed by atoms with Crippen molar-refractivity contribution in [2.24, 2.45) is 0 Å². The zero-order valence-corrected chi connectivity index (χ0v) is 8.34. The predicted molar refractivity (Wildman–Crippen MR) is 51.7 cm³/mol. The second-order valence-corrected chi connectivity index (χ2v) is 3.09. The fraction of sp³-hybridized carbons (Fsp3) is 0.364. The second kappa shape index (κ2) is 4.74. The van der Waals surface area contributed by atoms with Gasteiger partial charge in [0.2, 0.25) is 0 Å². The van der Waals surface area contributed by atoms with E-state index in [4.69, 9.17) is 0 Å². The van der Waals surface area contributed by atoms with Gasteiger partial charge in [-0.2, -0.15) is 0 Å². The molecule has 1 rings (SSSR count). The number of carbonyl (C=O) groups is 1. The molecule has 0 aliphatic carbocycles. The van der Waals surface area contributed by atoms with Gasteiger partial charge in [0.25, 0.3) is 0 Å². The summed E-state index contributed by atoms with van der Waals surface area (Å²) in [5.74, 6) is -0.891. The van der Waals surface area contributed by atoms with Crippen LogP contribution in [0, 0.1) is 5.82 Å². The van der Waals surface area contributed by atoms with Crippen molar-refractivity contribution in [2.75, 3.05) is 7.11 Å². The number of carbonyl (C=O) groups excluding carboxylic acids is 1. The summed E-state index contributed by atoms with van der Waals surface area (Å²) in [4.78, 5) is 11.1. The van der Waals surface area contributed by atoms with Crippen molar-refractivity contribution >= 4 is 5.97 Å². The lowest BCUT2D eigenvalue weighted by molar-refractivity contribution is 0.0600. The van der Waals surface area contributed by atoms with Gasteiger partial charge in [-0.1, -0.05) is 13.3 Å². The minimum Gasteiger partial charge on any atom is -0.465 e. The summed E-state index contributed by atoms with van der Waals surface area (Å²) in [6.45, 7) is 2.00. The van der Waals surface area contributed by atoms with E-state index in [1.807, 2.05) is 6.92 Å². The van der Waals surface area contributed by atoms with Crippen molar-refractivity contribution in [3.05, 3.63) is 35.1 Å². The van der Waals surface area contributed by atoms with Gasteiger partial charge in [-0.3, -0.25) is 0 Å². The standard InChI is InChI=1S/C11H13FO2/c1-3-4-8-5-9(11(13)14-2)7-10(12)6-8/h5-7H,3-4H2,1-2H3. The Morgan fingerprint density at radius 1 is 1.43 bits per heavy atom. The number of hydrogen-bond acceptors (Lipinski definition) is 2. The van der Waals surface area contributed by atoms with Gasteiger partial charge in [-0.05, 0) is 30.2 Å². The lowest BCUT2D eigenvalue weighted by Crippen LogP contribution is -2.02. The minimum atomic E-state index is -0.498. The Morgan fingerprint density at radius 3 is 2.71 bits per heavy atom. The van der Waals surface area contributed by atoms with Gasteiger partial charge in [0.15, 0.2) is 0 Å². The molecule has 0 spiro atoms. The molecule has 0 bridgehead atoms. The Balaban J connectivity index is 3.00. The first kappa shape index (κ1) is 10.7. The molecule has 0 aromatic heterocycles. The highest BCUT2D eigenvalue weighted by Crippen LogP contribution is 2.11. The number of rotatable bonds is 3. The summed E-state index contributed by atoms with van der Waals surface area (Å²) in [5, 5.41) is 0. The van der Waals surface area contributed by atoms with E-state index < -0.39 is 11.8 Å². The van der Waals surface area contributed by atoms with Crippen LogP contribution < -0.4 is 0 Å². The Kier molecular flexibility index (Phi) is 3.63. The molecule has 0 unspecified atom stereocenters. The topological polar surface area (TPSA) is 26.3 Å². The zero-order valence-electron chi connectivity index (χ0n) is 8.34. The smallest absolute Gasteiger partial charge is 0.337 e. The van der Waals surface area contributed by atoms with E-state index in [2.05, 4.69) is 4.74 Å². The van der Waals surface area contributed by atoms with Crippen molar-refractivity contribution in [3.63, 3.8) is 0 Å². The number of ether oxygens (including phenoxy) is 1. The first-order valence-electron chi connectivity index (χ1n) is 4.55. The predicted octanol–water partition coefficient (Wildman–Crippen LogP) is 2.56. The third-order valence-corrected chi connectivity index (χ3v) is 1.92. The van der Waals surface area contributed by atoms with Gasteiger partial charge >= 0.3 is 5.97 Å². The molecule has 0 aliphatic heterocycles. The van der Waals surface area contributed by atoms with Gasteiger partial charge in [0.05, 0.1) is 12.7 Å². The van der Waals surface area contributed by atoms with Crippen LogP contribution in [-0.2, 0) is 11.2 Å².